The molecular formula is C18H21FN6. The highest BCUT2D eigenvalue weighted by molar-refractivity contribution is 5.75. The first-order valence-electron chi connectivity index (χ1n) is 8.35. The molecule has 0 amide bonds. The van der Waals surface area contributed by atoms with E-state index in [4.69, 9.17) is 11.5 Å². The van der Waals surface area contributed by atoms with E-state index in [1.165, 1.54) is 18.6 Å². The first kappa shape index (κ1) is 17.1. The van der Waals surface area contributed by atoms with E-state index >= 15 is 0 Å². The summed E-state index contributed by atoms with van der Waals surface area (Å²) >= 11 is 0. The summed E-state index contributed by atoms with van der Waals surface area (Å²) in [5, 5.41) is 9.43. The topological polar surface area (TPSA) is 105 Å². The number of nitrogens with zero attached hydrogens (tertiary/aromatic N) is 4. The minimum atomic E-state index is -0.322. The van der Waals surface area contributed by atoms with E-state index in [1.807, 2.05) is 6.07 Å². The van der Waals surface area contributed by atoms with Gasteiger partial charge in [-0.2, -0.15) is 10.2 Å². The zero-order valence-corrected chi connectivity index (χ0v) is 14.2. The highest BCUT2D eigenvalue weighted by atomic mass is 19.1. The van der Waals surface area contributed by atoms with Gasteiger partial charge in [-0.15, -0.1) is 0 Å². The Labute approximate surface area is 146 Å². The van der Waals surface area contributed by atoms with Crippen molar-refractivity contribution in [3.05, 3.63) is 35.1 Å². The Morgan fingerprint density at radius 1 is 1.32 bits per heavy atom. The van der Waals surface area contributed by atoms with Crippen LogP contribution in [0.1, 0.15) is 37.3 Å². The Morgan fingerprint density at radius 2 is 2.12 bits per heavy atom. The third kappa shape index (κ3) is 3.54. The predicted octanol–water partition coefficient (Wildman–Crippen LogP) is 2.69. The molecule has 25 heavy (non-hydrogen) atoms. The van der Waals surface area contributed by atoms with Crippen LogP contribution in [-0.4, -0.2) is 27.5 Å². The molecule has 1 aromatic carbocycles. The van der Waals surface area contributed by atoms with Gasteiger partial charge >= 0.3 is 0 Å². The molecule has 1 saturated heterocycles. The third-order valence-electron chi connectivity index (χ3n) is 4.70. The molecule has 1 aromatic heterocycles. The number of nitrogens with two attached hydrogens (primary N) is 2. The number of hydrogen-bond donors (Lipinski definition) is 2. The molecule has 1 fully saturated rings. The summed E-state index contributed by atoms with van der Waals surface area (Å²) < 4.78 is 13.9. The molecule has 0 radical (unpaired) electrons. The molecule has 3 rings (SSSR count). The van der Waals surface area contributed by atoms with Crippen LogP contribution in [0, 0.1) is 17.1 Å². The number of anilines is 2. The summed E-state index contributed by atoms with van der Waals surface area (Å²) in [6.45, 7) is 3.73. The Kier molecular flexibility index (Phi) is 4.81. The SMILES string of the molecule is CC1CCCCN1Cc1cc(F)ccc1-c1nc(N)nc(N)c1C#N. The van der Waals surface area contributed by atoms with Gasteiger partial charge < -0.3 is 11.5 Å². The number of piperidine rings is 1. The Hall–Kier alpha value is -2.72. The molecule has 0 saturated carbocycles. The fourth-order valence-electron chi connectivity index (χ4n) is 3.34. The van der Waals surface area contributed by atoms with Crippen molar-refractivity contribution in [2.75, 3.05) is 18.0 Å². The molecule has 4 N–H and O–H groups in total. The van der Waals surface area contributed by atoms with Crippen molar-refractivity contribution >= 4 is 11.8 Å². The lowest BCUT2D eigenvalue weighted by Crippen LogP contribution is -2.36. The van der Waals surface area contributed by atoms with Gasteiger partial charge in [0.05, 0.1) is 5.69 Å². The fraction of sp³-hybridized carbons (Fsp3) is 0.389. The van der Waals surface area contributed by atoms with Crippen LogP contribution < -0.4 is 11.5 Å². The first-order chi connectivity index (χ1) is 12.0. The number of likely N-dealkylation sites (tertiary alicyclic amines) is 1. The summed E-state index contributed by atoms with van der Waals surface area (Å²) in [5.74, 6) is -0.295. The van der Waals surface area contributed by atoms with Crippen molar-refractivity contribution in [3.63, 3.8) is 0 Å². The van der Waals surface area contributed by atoms with E-state index in [9.17, 15) is 9.65 Å². The number of hydrogen-bond acceptors (Lipinski definition) is 6. The van der Waals surface area contributed by atoms with Gasteiger partial charge in [0.15, 0.2) is 0 Å². The second kappa shape index (κ2) is 7.03. The molecular weight excluding hydrogens is 319 g/mol. The van der Waals surface area contributed by atoms with Crippen LogP contribution in [0.3, 0.4) is 0 Å². The number of aromatic nitrogens is 2. The van der Waals surface area contributed by atoms with Crippen LogP contribution in [0.5, 0.6) is 0 Å². The van der Waals surface area contributed by atoms with E-state index in [0.29, 0.717) is 23.8 Å². The number of benzene rings is 1. The van der Waals surface area contributed by atoms with Gasteiger partial charge in [-0.1, -0.05) is 6.42 Å². The van der Waals surface area contributed by atoms with Gasteiger partial charge in [0.25, 0.3) is 0 Å². The average molecular weight is 340 g/mol. The minimum absolute atomic E-state index is 0.00637. The lowest BCUT2D eigenvalue weighted by molar-refractivity contribution is 0.152. The normalized spacial score (nSPS) is 18.0. The van der Waals surface area contributed by atoms with Crippen LogP contribution in [0.4, 0.5) is 16.2 Å². The second-order valence-corrected chi connectivity index (χ2v) is 6.42. The average Bonchev–Trinajstić information content (AvgIpc) is 2.56. The van der Waals surface area contributed by atoms with Crippen molar-refractivity contribution in [1.82, 2.24) is 14.9 Å². The summed E-state index contributed by atoms with van der Waals surface area (Å²) in [6.07, 6.45) is 3.47. The molecule has 1 unspecified atom stereocenters. The predicted molar refractivity (Wildman–Crippen MR) is 94.7 cm³/mol. The van der Waals surface area contributed by atoms with Crippen LogP contribution in [-0.2, 0) is 6.54 Å². The number of halogens is 1. The lowest BCUT2D eigenvalue weighted by Gasteiger charge is -2.33. The number of rotatable bonds is 3. The van der Waals surface area contributed by atoms with Gasteiger partial charge in [0.1, 0.15) is 23.3 Å². The molecule has 6 nitrogen and oxygen atoms in total. The van der Waals surface area contributed by atoms with Gasteiger partial charge in [-0.05, 0) is 50.1 Å². The van der Waals surface area contributed by atoms with Gasteiger partial charge in [0.2, 0.25) is 5.95 Å². The van der Waals surface area contributed by atoms with Crippen molar-refractivity contribution in [2.24, 2.45) is 0 Å². The van der Waals surface area contributed by atoms with E-state index in [0.717, 1.165) is 24.9 Å². The summed E-state index contributed by atoms with van der Waals surface area (Å²) in [7, 11) is 0. The van der Waals surface area contributed by atoms with Gasteiger partial charge in [-0.3, -0.25) is 4.90 Å². The first-order valence-corrected chi connectivity index (χ1v) is 8.35. The molecule has 1 aliphatic heterocycles. The maximum atomic E-state index is 13.9. The van der Waals surface area contributed by atoms with Crippen LogP contribution in [0.25, 0.3) is 11.3 Å². The van der Waals surface area contributed by atoms with E-state index < -0.39 is 0 Å². The summed E-state index contributed by atoms with van der Waals surface area (Å²) in [4.78, 5) is 10.4. The molecule has 1 aliphatic rings. The zero-order valence-electron chi connectivity index (χ0n) is 14.2. The van der Waals surface area contributed by atoms with E-state index in [-0.39, 0.29) is 23.1 Å². The summed E-state index contributed by atoms with van der Waals surface area (Å²) in [6, 6.07) is 6.94. The van der Waals surface area contributed by atoms with Crippen molar-refractivity contribution in [3.8, 4) is 17.3 Å². The van der Waals surface area contributed by atoms with E-state index in [2.05, 4.69) is 21.8 Å². The fourth-order valence-corrected chi connectivity index (χ4v) is 3.34. The molecule has 1 atom stereocenters. The highest BCUT2D eigenvalue weighted by Crippen LogP contribution is 2.31. The molecule has 0 bridgehead atoms. The largest absolute Gasteiger partial charge is 0.382 e. The molecule has 0 aliphatic carbocycles. The van der Waals surface area contributed by atoms with E-state index in [1.54, 1.807) is 6.07 Å². The van der Waals surface area contributed by atoms with Crippen molar-refractivity contribution in [2.45, 2.75) is 38.8 Å². The molecule has 2 aromatic rings. The molecule has 0 spiro atoms. The smallest absolute Gasteiger partial charge is 0.222 e. The monoisotopic (exact) mass is 340 g/mol. The van der Waals surface area contributed by atoms with Crippen LogP contribution in [0.2, 0.25) is 0 Å². The van der Waals surface area contributed by atoms with Crippen LogP contribution in [0.15, 0.2) is 18.2 Å². The van der Waals surface area contributed by atoms with Crippen molar-refractivity contribution < 1.29 is 4.39 Å². The minimum Gasteiger partial charge on any atom is -0.382 e. The molecule has 7 heteroatoms. The molecule has 2 heterocycles. The maximum Gasteiger partial charge on any atom is 0.222 e. The molecule has 130 valence electrons. The Bertz CT molecular complexity index is 829. The lowest BCUT2D eigenvalue weighted by atomic mass is 9.97. The second-order valence-electron chi connectivity index (χ2n) is 6.42. The van der Waals surface area contributed by atoms with Crippen LogP contribution >= 0.6 is 0 Å². The Morgan fingerprint density at radius 3 is 2.84 bits per heavy atom. The van der Waals surface area contributed by atoms with Gasteiger partial charge in [0, 0.05) is 18.2 Å². The third-order valence-corrected chi connectivity index (χ3v) is 4.70. The number of nitrogen functional groups attached to an aromatic ring is 2. The highest BCUT2D eigenvalue weighted by Gasteiger charge is 2.22. The maximum absolute atomic E-state index is 13.9. The summed E-state index contributed by atoms with van der Waals surface area (Å²) in [5.41, 5.74) is 13.5. The number of nitriles is 1. The van der Waals surface area contributed by atoms with Gasteiger partial charge in [-0.25, -0.2) is 9.37 Å². The Balaban J connectivity index is 2.07. The van der Waals surface area contributed by atoms with Crippen molar-refractivity contribution in [1.29, 1.82) is 5.26 Å². The zero-order chi connectivity index (χ0) is 18.0. The quantitative estimate of drug-likeness (QED) is 0.890. The standard InChI is InChI=1S/C18H21FN6/c1-11-4-2-3-7-25(11)10-12-8-13(19)5-6-14(12)16-15(9-20)17(21)24-18(22)23-16/h5-6,8,11H,2-4,7,10H2,1H3,(H4,21,22,23,24).